The number of para-hydroxylation sites is 2. The highest BCUT2D eigenvalue weighted by molar-refractivity contribution is 5.77. The molecule has 28 heavy (non-hydrogen) atoms. The van der Waals surface area contributed by atoms with Crippen LogP contribution in [-0.4, -0.2) is 39.3 Å². The molecule has 2 aromatic rings. The average Bonchev–Trinajstić information content (AvgIpc) is 3.02. The number of hydrogen-bond acceptors (Lipinski definition) is 4. The lowest BCUT2D eigenvalue weighted by atomic mass is 10.1. The van der Waals surface area contributed by atoms with Gasteiger partial charge in [0, 0.05) is 25.3 Å². The lowest BCUT2D eigenvalue weighted by Gasteiger charge is -2.22. The number of ether oxygens (including phenoxy) is 2. The molecule has 0 atom stereocenters. The molecule has 1 N–H and O–H groups in total. The molecule has 1 heterocycles. The number of nitrogens with zero attached hydrogens (tertiary/aromatic N) is 1. The summed E-state index contributed by atoms with van der Waals surface area (Å²) in [5.74, 6) is 1.07. The van der Waals surface area contributed by atoms with E-state index >= 15 is 0 Å². The molecule has 1 saturated heterocycles. The van der Waals surface area contributed by atoms with Gasteiger partial charge in [0.2, 0.25) is 0 Å². The van der Waals surface area contributed by atoms with Crippen LogP contribution in [0.3, 0.4) is 0 Å². The number of amides is 1. The van der Waals surface area contributed by atoms with E-state index in [1.165, 1.54) is 36.9 Å². The van der Waals surface area contributed by atoms with Crippen LogP contribution in [0.2, 0.25) is 0 Å². The Morgan fingerprint density at radius 3 is 2.32 bits per heavy atom. The quantitative estimate of drug-likeness (QED) is 0.754. The Labute approximate surface area is 167 Å². The normalized spacial score (nSPS) is 14.2. The third-order valence-corrected chi connectivity index (χ3v) is 5.07. The molecule has 5 nitrogen and oxygen atoms in total. The van der Waals surface area contributed by atoms with Gasteiger partial charge in [0.25, 0.3) is 5.91 Å². The summed E-state index contributed by atoms with van der Waals surface area (Å²) >= 11 is 0. The second-order valence-corrected chi connectivity index (χ2v) is 7.11. The van der Waals surface area contributed by atoms with E-state index in [2.05, 4.69) is 34.5 Å². The molecule has 1 aliphatic heterocycles. The number of carbonyl (C=O) groups is 1. The van der Waals surface area contributed by atoms with Crippen LogP contribution < -0.4 is 19.7 Å². The predicted octanol–water partition coefficient (Wildman–Crippen LogP) is 3.81. The van der Waals surface area contributed by atoms with Gasteiger partial charge in [-0.2, -0.15) is 0 Å². The molecule has 5 heteroatoms. The van der Waals surface area contributed by atoms with Crippen molar-refractivity contribution in [1.29, 1.82) is 0 Å². The molecule has 0 aliphatic carbocycles. The summed E-state index contributed by atoms with van der Waals surface area (Å²) in [4.78, 5) is 14.5. The summed E-state index contributed by atoms with van der Waals surface area (Å²) < 4.78 is 10.8. The number of carbonyl (C=O) groups excluding carboxylic acids is 1. The van der Waals surface area contributed by atoms with Crippen LogP contribution in [0, 0.1) is 0 Å². The van der Waals surface area contributed by atoms with Gasteiger partial charge in [-0.1, -0.05) is 37.1 Å². The third-order valence-electron chi connectivity index (χ3n) is 5.07. The second-order valence-electron chi connectivity index (χ2n) is 7.11. The largest absolute Gasteiger partial charge is 0.493 e. The van der Waals surface area contributed by atoms with Crippen molar-refractivity contribution in [2.24, 2.45) is 0 Å². The smallest absolute Gasteiger partial charge is 0.257 e. The van der Waals surface area contributed by atoms with Crippen LogP contribution in [0.4, 0.5) is 5.69 Å². The van der Waals surface area contributed by atoms with E-state index in [9.17, 15) is 4.79 Å². The molecule has 0 bridgehead atoms. The van der Waals surface area contributed by atoms with Gasteiger partial charge >= 0.3 is 0 Å². The van der Waals surface area contributed by atoms with Crippen molar-refractivity contribution in [3.63, 3.8) is 0 Å². The first kappa shape index (κ1) is 20.1. The highest BCUT2D eigenvalue weighted by atomic mass is 16.5. The zero-order valence-electron chi connectivity index (χ0n) is 16.7. The predicted molar refractivity (Wildman–Crippen MR) is 112 cm³/mol. The molecular weight excluding hydrogens is 352 g/mol. The Balaban J connectivity index is 1.40. The minimum absolute atomic E-state index is 0.0196. The Hall–Kier alpha value is -2.69. The number of nitrogens with one attached hydrogen (secondary N) is 1. The Kier molecular flexibility index (Phi) is 7.59. The monoisotopic (exact) mass is 382 g/mol. The summed E-state index contributed by atoms with van der Waals surface area (Å²) in [5.41, 5.74) is 2.53. The summed E-state index contributed by atoms with van der Waals surface area (Å²) in [6.45, 7) is 2.88. The average molecular weight is 383 g/mol. The molecule has 0 unspecified atom stereocenters. The molecule has 2 aromatic carbocycles. The van der Waals surface area contributed by atoms with Gasteiger partial charge in [0.1, 0.15) is 0 Å². The summed E-state index contributed by atoms with van der Waals surface area (Å²) in [5, 5.41) is 2.91. The van der Waals surface area contributed by atoms with Gasteiger partial charge in [-0.15, -0.1) is 0 Å². The summed E-state index contributed by atoms with van der Waals surface area (Å²) in [7, 11) is 1.58. The van der Waals surface area contributed by atoms with E-state index in [1.807, 2.05) is 18.2 Å². The minimum atomic E-state index is -0.132. The fourth-order valence-electron chi connectivity index (χ4n) is 3.48. The molecule has 1 aliphatic rings. The fourth-order valence-corrected chi connectivity index (χ4v) is 3.48. The minimum Gasteiger partial charge on any atom is -0.493 e. The first-order valence-electron chi connectivity index (χ1n) is 10.1. The van der Waals surface area contributed by atoms with Gasteiger partial charge in [0.15, 0.2) is 18.1 Å². The molecule has 0 aromatic heterocycles. The van der Waals surface area contributed by atoms with Crippen molar-refractivity contribution >= 4 is 11.6 Å². The lowest BCUT2D eigenvalue weighted by Crippen LogP contribution is -2.30. The number of hydrogen-bond donors (Lipinski definition) is 1. The number of benzene rings is 2. The molecule has 150 valence electrons. The maximum absolute atomic E-state index is 12.0. The van der Waals surface area contributed by atoms with Gasteiger partial charge in [-0.3, -0.25) is 4.79 Å². The number of methoxy groups -OCH3 is 1. The lowest BCUT2D eigenvalue weighted by molar-refractivity contribution is -0.123. The first-order valence-corrected chi connectivity index (χ1v) is 10.1. The van der Waals surface area contributed by atoms with E-state index in [-0.39, 0.29) is 12.5 Å². The van der Waals surface area contributed by atoms with Crippen molar-refractivity contribution in [3.8, 4) is 11.5 Å². The fraction of sp³-hybridized carbons (Fsp3) is 0.435. The van der Waals surface area contributed by atoms with Crippen molar-refractivity contribution < 1.29 is 14.3 Å². The molecule has 0 spiro atoms. The SMILES string of the molecule is COc1ccccc1OCC(=O)NCCc1ccc(N2CCCCCC2)cc1. The molecule has 0 radical (unpaired) electrons. The zero-order valence-corrected chi connectivity index (χ0v) is 16.7. The van der Waals surface area contributed by atoms with Crippen molar-refractivity contribution in [2.75, 3.05) is 38.3 Å². The maximum atomic E-state index is 12.0. The van der Waals surface area contributed by atoms with Gasteiger partial charge < -0.3 is 19.7 Å². The Morgan fingerprint density at radius 2 is 1.64 bits per heavy atom. The van der Waals surface area contributed by atoms with E-state index in [0.29, 0.717) is 18.0 Å². The molecule has 0 saturated carbocycles. The number of anilines is 1. The van der Waals surface area contributed by atoms with Gasteiger partial charge in [0.05, 0.1) is 7.11 Å². The molecule has 3 rings (SSSR count). The van der Waals surface area contributed by atoms with Crippen LogP contribution in [-0.2, 0) is 11.2 Å². The van der Waals surface area contributed by atoms with Crippen molar-refractivity contribution in [3.05, 3.63) is 54.1 Å². The van der Waals surface area contributed by atoms with Gasteiger partial charge in [-0.05, 0) is 49.1 Å². The maximum Gasteiger partial charge on any atom is 0.257 e. The van der Waals surface area contributed by atoms with Crippen LogP contribution in [0.25, 0.3) is 0 Å². The van der Waals surface area contributed by atoms with Crippen LogP contribution in [0.1, 0.15) is 31.2 Å². The third kappa shape index (κ3) is 5.91. The molecule has 1 amide bonds. The summed E-state index contributed by atoms with van der Waals surface area (Å²) in [6.07, 6.45) is 6.06. The van der Waals surface area contributed by atoms with E-state index in [4.69, 9.17) is 9.47 Å². The first-order chi connectivity index (χ1) is 13.8. The number of rotatable bonds is 8. The van der Waals surface area contributed by atoms with Crippen LogP contribution >= 0.6 is 0 Å². The van der Waals surface area contributed by atoms with Crippen molar-refractivity contribution in [2.45, 2.75) is 32.1 Å². The van der Waals surface area contributed by atoms with Gasteiger partial charge in [-0.25, -0.2) is 0 Å². The highest BCUT2D eigenvalue weighted by Gasteiger charge is 2.10. The highest BCUT2D eigenvalue weighted by Crippen LogP contribution is 2.25. The standard InChI is InChI=1S/C23H30N2O3/c1-27-21-8-4-5-9-22(21)28-18-23(26)24-15-14-19-10-12-20(13-11-19)25-16-6-2-3-7-17-25/h4-5,8-13H,2-3,6-7,14-18H2,1H3,(H,24,26). The molecular formula is C23H30N2O3. The Morgan fingerprint density at radius 1 is 0.964 bits per heavy atom. The zero-order chi connectivity index (χ0) is 19.6. The van der Waals surface area contributed by atoms with Crippen molar-refractivity contribution in [1.82, 2.24) is 5.32 Å². The van der Waals surface area contributed by atoms with Crippen LogP contribution in [0.15, 0.2) is 48.5 Å². The Bertz CT molecular complexity index is 738. The van der Waals surface area contributed by atoms with E-state index < -0.39 is 0 Å². The summed E-state index contributed by atoms with van der Waals surface area (Å²) in [6, 6.07) is 16.0. The van der Waals surface area contributed by atoms with E-state index in [1.54, 1.807) is 13.2 Å². The van der Waals surface area contributed by atoms with Crippen LogP contribution in [0.5, 0.6) is 11.5 Å². The molecule has 1 fully saturated rings. The van der Waals surface area contributed by atoms with E-state index in [0.717, 1.165) is 19.5 Å². The second kappa shape index (κ2) is 10.6. The topological polar surface area (TPSA) is 50.8 Å².